The average Bonchev–Trinajstić information content (AvgIpc) is 3.68. The normalized spacial score (nSPS) is 14.8. The van der Waals surface area contributed by atoms with Crippen molar-refractivity contribution in [2.45, 2.75) is 58.0 Å². The van der Waals surface area contributed by atoms with Gasteiger partial charge in [-0.05, 0) is 111 Å². The van der Waals surface area contributed by atoms with Gasteiger partial charge >= 0.3 is 0 Å². The molecule has 0 spiro atoms. The van der Waals surface area contributed by atoms with E-state index in [9.17, 15) is 4.79 Å². The molecule has 314 valence electrons. The van der Waals surface area contributed by atoms with Crippen LogP contribution in [0.4, 0.5) is 0 Å². The highest BCUT2D eigenvalue weighted by Gasteiger charge is 2.32. The summed E-state index contributed by atoms with van der Waals surface area (Å²) in [4.78, 5) is 13.2. The van der Waals surface area contributed by atoms with Crippen LogP contribution < -0.4 is 23.3 Å². The van der Waals surface area contributed by atoms with Gasteiger partial charge in [0.05, 0.1) is 33.2 Å². The Morgan fingerprint density at radius 1 is 0.556 bits per heavy atom. The Kier molecular flexibility index (Phi) is 11.4. The molecule has 8 nitrogen and oxygen atoms in total. The van der Waals surface area contributed by atoms with Crippen molar-refractivity contribution in [2.24, 2.45) is 5.92 Å². The lowest BCUT2D eigenvalue weighted by Gasteiger charge is -2.16. The second-order valence-corrected chi connectivity index (χ2v) is 16.6. The summed E-state index contributed by atoms with van der Waals surface area (Å²) in [6.45, 7) is 2.44. The Bertz CT molecular complexity index is 2850. The van der Waals surface area contributed by atoms with E-state index in [1.807, 2.05) is 84.9 Å². The van der Waals surface area contributed by atoms with Gasteiger partial charge in [0.25, 0.3) is 11.6 Å². The predicted molar refractivity (Wildman–Crippen MR) is 245 cm³/mol. The summed E-state index contributed by atoms with van der Waals surface area (Å²) in [5, 5.41) is 0. The van der Waals surface area contributed by atoms with Crippen molar-refractivity contribution in [1.82, 2.24) is 9.13 Å². The zero-order valence-electron chi connectivity index (χ0n) is 35.7. The van der Waals surface area contributed by atoms with Crippen LogP contribution in [0.2, 0.25) is 0 Å². The Morgan fingerprint density at radius 2 is 1.11 bits per heavy atom. The molecule has 1 unspecified atom stereocenters. The van der Waals surface area contributed by atoms with Crippen LogP contribution in [0.5, 0.6) is 23.0 Å². The molecule has 63 heavy (non-hydrogen) atoms. The second-order valence-electron chi connectivity index (χ2n) is 16.6. The van der Waals surface area contributed by atoms with E-state index in [0.29, 0.717) is 23.7 Å². The smallest absolute Gasteiger partial charge is 0.262 e. The first kappa shape index (κ1) is 39.9. The fourth-order valence-corrected chi connectivity index (χ4v) is 9.33. The number of ketones is 1. The van der Waals surface area contributed by atoms with E-state index in [-0.39, 0.29) is 5.78 Å². The van der Waals surface area contributed by atoms with Crippen LogP contribution in [0.25, 0.3) is 33.9 Å². The Labute approximate surface area is 369 Å². The van der Waals surface area contributed by atoms with Crippen molar-refractivity contribution in [2.75, 3.05) is 13.7 Å². The second kappa shape index (κ2) is 18.0. The van der Waals surface area contributed by atoms with E-state index >= 15 is 0 Å². The van der Waals surface area contributed by atoms with Gasteiger partial charge in [-0.25, -0.2) is 9.13 Å². The standard InChI is InChI=1S/C55H52N4O4/c1-61-51-21-12-10-19-47(51)58-38-50(42-29-31-46(32-30-42)63-45-17-7-3-8-18-45)57-36-34-40(24-33-54(57)58)39-62-52-22-13-11-20-48(52)59-37-49(56-35-14-4-9-23-53(56)59)41-25-27-44(28-26-41)55(60)43-15-5-2-6-16-43/h2-3,5-8,10-13,15-22,25-32,37-38,40H,4,9,14,23-24,33-36,39H2,1H3/q+2. The molecule has 0 bridgehead atoms. The van der Waals surface area contributed by atoms with Crippen LogP contribution in [0.1, 0.15) is 59.7 Å². The minimum atomic E-state index is 0.0376. The summed E-state index contributed by atoms with van der Waals surface area (Å²) < 4.78 is 28.6. The quantitative estimate of drug-likeness (QED) is 0.0909. The number of aromatic nitrogens is 4. The number of hydrogen-bond donors (Lipinski definition) is 0. The van der Waals surface area contributed by atoms with Gasteiger partial charge in [0, 0.05) is 28.7 Å². The SMILES string of the molecule is COc1ccccc1-[n+]1cc(-c2ccc(Oc3ccccc3)cc2)n2c1CCC(COc1ccccc1-[n+]1cc(-c3ccc(C(=O)c4ccccc4)cc3)n3c1CCCCC3)CC2. The van der Waals surface area contributed by atoms with Gasteiger partial charge in [-0.15, -0.1) is 0 Å². The highest BCUT2D eigenvalue weighted by atomic mass is 16.5. The van der Waals surface area contributed by atoms with Crippen LogP contribution in [0.3, 0.4) is 0 Å². The third kappa shape index (κ3) is 8.29. The van der Waals surface area contributed by atoms with Crippen LogP contribution in [-0.4, -0.2) is 28.6 Å². The number of methoxy groups -OCH3 is 1. The highest BCUT2D eigenvalue weighted by molar-refractivity contribution is 6.09. The zero-order valence-corrected chi connectivity index (χ0v) is 35.7. The van der Waals surface area contributed by atoms with Crippen LogP contribution >= 0.6 is 0 Å². The lowest BCUT2D eigenvalue weighted by Crippen LogP contribution is -2.35. The van der Waals surface area contributed by atoms with Gasteiger partial charge in [0.15, 0.2) is 40.0 Å². The molecule has 2 aromatic heterocycles. The van der Waals surface area contributed by atoms with E-state index in [1.165, 1.54) is 18.1 Å². The first-order valence-electron chi connectivity index (χ1n) is 22.3. The largest absolute Gasteiger partial charge is 0.492 e. The molecule has 0 saturated carbocycles. The molecular formula is C55H52N4O4+2. The molecule has 0 amide bonds. The van der Waals surface area contributed by atoms with Crippen LogP contribution in [0.15, 0.2) is 170 Å². The molecule has 0 aliphatic carbocycles. The lowest BCUT2D eigenvalue weighted by molar-refractivity contribution is -0.604. The molecule has 0 saturated heterocycles. The van der Waals surface area contributed by atoms with Crippen molar-refractivity contribution in [3.63, 3.8) is 0 Å². The third-order valence-electron chi connectivity index (χ3n) is 12.6. The fourth-order valence-electron chi connectivity index (χ4n) is 9.33. The molecule has 10 rings (SSSR count). The molecule has 8 aromatic rings. The molecule has 2 aliphatic heterocycles. The first-order valence-corrected chi connectivity index (χ1v) is 22.3. The molecule has 6 aromatic carbocycles. The minimum Gasteiger partial charge on any atom is -0.492 e. The number of nitrogens with zero attached hydrogens (tertiary/aromatic N) is 4. The van der Waals surface area contributed by atoms with Crippen molar-refractivity contribution in [3.05, 3.63) is 193 Å². The number of carbonyl (C=O) groups excluding carboxylic acids is 1. The van der Waals surface area contributed by atoms with Crippen LogP contribution in [0, 0.1) is 5.92 Å². The molecular weight excluding hydrogens is 781 g/mol. The summed E-state index contributed by atoms with van der Waals surface area (Å²) >= 11 is 0. The number of ether oxygens (including phenoxy) is 3. The van der Waals surface area contributed by atoms with E-state index in [1.54, 1.807) is 7.11 Å². The Balaban J connectivity index is 0.908. The zero-order chi connectivity index (χ0) is 42.5. The monoisotopic (exact) mass is 832 g/mol. The van der Waals surface area contributed by atoms with Gasteiger partial charge in [-0.2, -0.15) is 9.13 Å². The maximum Gasteiger partial charge on any atom is 0.262 e. The van der Waals surface area contributed by atoms with Crippen molar-refractivity contribution < 1.29 is 28.1 Å². The maximum absolute atomic E-state index is 13.2. The summed E-state index contributed by atoms with van der Waals surface area (Å²) in [7, 11) is 1.74. The number of hydrogen-bond acceptors (Lipinski definition) is 4. The van der Waals surface area contributed by atoms with Gasteiger partial charge in [0.1, 0.15) is 23.9 Å². The summed E-state index contributed by atoms with van der Waals surface area (Å²) in [5.41, 5.74) is 8.03. The Morgan fingerprint density at radius 3 is 1.81 bits per heavy atom. The van der Waals surface area contributed by atoms with E-state index in [4.69, 9.17) is 14.2 Å². The van der Waals surface area contributed by atoms with Crippen molar-refractivity contribution in [1.29, 1.82) is 0 Å². The molecule has 2 aliphatic rings. The summed E-state index contributed by atoms with van der Waals surface area (Å²) in [6, 6.07) is 52.7. The van der Waals surface area contributed by atoms with Crippen LogP contribution in [-0.2, 0) is 25.9 Å². The van der Waals surface area contributed by atoms with Crippen molar-refractivity contribution >= 4 is 5.78 Å². The van der Waals surface area contributed by atoms with E-state index < -0.39 is 0 Å². The fraction of sp³-hybridized carbons (Fsp3) is 0.218. The first-order chi connectivity index (χ1) is 31.1. The molecule has 8 heteroatoms. The molecule has 0 fully saturated rings. The average molecular weight is 833 g/mol. The van der Waals surface area contributed by atoms with Gasteiger partial charge in [-0.1, -0.05) is 84.9 Å². The lowest BCUT2D eigenvalue weighted by atomic mass is 10.0. The molecule has 0 radical (unpaired) electrons. The number of imidazole rings is 2. The minimum absolute atomic E-state index is 0.0376. The van der Waals surface area contributed by atoms with E-state index in [0.717, 1.165) is 109 Å². The van der Waals surface area contributed by atoms with E-state index in [2.05, 4.69) is 103 Å². The topological polar surface area (TPSA) is 62.4 Å². The third-order valence-corrected chi connectivity index (χ3v) is 12.6. The van der Waals surface area contributed by atoms with Gasteiger partial charge < -0.3 is 14.2 Å². The maximum atomic E-state index is 13.2. The number of benzene rings is 6. The highest BCUT2D eigenvalue weighted by Crippen LogP contribution is 2.33. The number of rotatable bonds is 12. The van der Waals surface area contributed by atoms with Gasteiger partial charge in [0.2, 0.25) is 0 Å². The molecule has 1 atom stereocenters. The number of carbonyl (C=O) groups is 1. The summed E-state index contributed by atoms with van der Waals surface area (Å²) in [6.07, 6.45) is 11.9. The number of para-hydroxylation sites is 5. The Hall–Kier alpha value is -7.19. The molecule has 4 heterocycles. The molecule has 0 N–H and O–H groups in total. The summed E-state index contributed by atoms with van der Waals surface area (Å²) in [5.74, 6) is 6.27. The van der Waals surface area contributed by atoms with Gasteiger partial charge in [-0.3, -0.25) is 4.79 Å². The number of fused-ring (bicyclic) bond motifs is 2. The van der Waals surface area contributed by atoms with Crippen molar-refractivity contribution in [3.8, 4) is 56.9 Å². The predicted octanol–water partition coefficient (Wildman–Crippen LogP) is 11.0.